The van der Waals surface area contributed by atoms with Gasteiger partial charge in [0.15, 0.2) is 0 Å². The van der Waals surface area contributed by atoms with Crippen LogP contribution in [0.4, 0.5) is 0 Å². The summed E-state index contributed by atoms with van der Waals surface area (Å²) in [5, 5.41) is 10.8. The van der Waals surface area contributed by atoms with E-state index in [2.05, 4.69) is 32.9 Å². The van der Waals surface area contributed by atoms with E-state index in [0.29, 0.717) is 5.75 Å². The molecule has 0 unspecified atom stereocenters. The molecule has 0 aromatic heterocycles. The minimum absolute atomic E-state index is 0.173. The fourth-order valence-corrected chi connectivity index (χ4v) is 5.43. The number of benzene rings is 1. The molecule has 1 aromatic rings. The van der Waals surface area contributed by atoms with E-state index in [1.807, 2.05) is 12.1 Å². The van der Waals surface area contributed by atoms with Crippen LogP contribution in [0, 0.1) is 0 Å². The van der Waals surface area contributed by atoms with Crippen molar-refractivity contribution >= 4 is 0 Å². The minimum Gasteiger partial charge on any atom is -0.508 e. The zero-order valence-electron chi connectivity index (χ0n) is 22.1. The molecule has 1 heteroatoms. The smallest absolute Gasteiger partial charge is 0.119 e. The van der Waals surface area contributed by atoms with E-state index in [1.54, 1.807) is 0 Å². The molecule has 0 radical (unpaired) electrons. The van der Waals surface area contributed by atoms with Crippen LogP contribution in [0.5, 0.6) is 5.75 Å². The average molecular weight is 445 g/mol. The van der Waals surface area contributed by atoms with Crippen molar-refractivity contribution in [2.75, 3.05) is 0 Å². The van der Waals surface area contributed by atoms with Gasteiger partial charge in [-0.05, 0) is 30.7 Å². The van der Waals surface area contributed by atoms with Gasteiger partial charge in [0.25, 0.3) is 0 Å². The molecule has 0 aliphatic carbocycles. The summed E-state index contributed by atoms with van der Waals surface area (Å²) in [5.74, 6) is 0.536. The average Bonchev–Trinajstić information content (AvgIpc) is 2.80. The lowest BCUT2D eigenvalue weighted by atomic mass is 9.69. The Kier molecular flexibility index (Phi) is 17.7. The summed E-state index contributed by atoms with van der Waals surface area (Å²) in [4.78, 5) is 0. The van der Waals surface area contributed by atoms with Crippen molar-refractivity contribution in [1.82, 2.24) is 0 Å². The highest BCUT2D eigenvalue weighted by molar-refractivity contribution is 5.38. The molecule has 0 heterocycles. The molecule has 0 saturated heterocycles. The Morgan fingerprint density at radius 2 is 0.844 bits per heavy atom. The maximum atomic E-state index is 10.8. The van der Waals surface area contributed by atoms with Crippen molar-refractivity contribution < 1.29 is 5.11 Å². The zero-order valence-corrected chi connectivity index (χ0v) is 22.1. The van der Waals surface area contributed by atoms with Gasteiger partial charge in [-0.25, -0.2) is 0 Å². The van der Waals surface area contributed by atoms with Gasteiger partial charge >= 0.3 is 0 Å². The van der Waals surface area contributed by atoms with Gasteiger partial charge in [-0.2, -0.15) is 0 Å². The van der Waals surface area contributed by atoms with Crippen molar-refractivity contribution in [2.24, 2.45) is 0 Å². The van der Waals surface area contributed by atoms with Gasteiger partial charge in [0.1, 0.15) is 5.75 Å². The molecule has 0 aliphatic heterocycles. The summed E-state index contributed by atoms with van der Waals surface area (Å²) < 4.78 is 0. The third-order valence-electron chi connectivity index (χ3n) is 7.50. The third kappa shape index (κ3) is 12.3. The fraction of sp³-hybridized carbons (Fsp3) is 0.806. The standard InChI is InChI=1S/C31H56O/c1-4-7-10-13-15-17-22-27-31(26-21-12-9-6-3,29-24-19-20-25-30(29)32)28-23-18-16-14-11-8-5-2/h19-20,24-25,32H,4-18,21-23,26-28H2,1-3H3. The molecule has 1 aromatic carbocycles. The van der Waals surface area contributed by atoms with E-state index in [0.717, 1.165) is 0 Å². The van der Waals surface area contributed by atoms with Crippen LogP contribution in [0.25, 0.3) is 0 Å². The molecule has 0 amide bonds. The number of phenolic OH excluding ortho intramolecular Hbond substituents is 1. The summed E-state index contributed by atoms with van der Waals surface area (Å²) in [6.07, 6.45) is 28.1. The lowest BCUT2D eigenvalue weighted by Crippen LogP contribution is -2.27. The second kappa shape index (κ2) is 19.5. The molecular formula is C31H56O. The predicted molar refractivity (Wildman–Crippen MR) is 144 cm³/mol. The Hall–Kier alpha value is -0.980. The van der Waals surface area contributed by atoms with E-state index >= 15 is 0 Å². The number of unbranched alkanes of at least 4 members (excludes halogenated alkanes) is 15. The Morgan fingerprint density at radius 1 is 0.500 bits per heavy atom. The molecule has 0 fully saturated rings. The fourth-order valence-electron chi connectivity index (χ4n) is 5.43. The van der Waals surface area contributed by atoms with Gasteiger partial charge in [0.2, 0.25) is 0 Å². The van der Waals surface area contributed by atoms with Crippen LogP contribution in [0.2, 0.25) is 0 Å². The number of aromatic hydroxyl groups is 1. The SMILES string of the molecule is CCCCCCCCCC(CCCCCC)(CCCCCCCCC)c1ccccc1O. The predicted octanol–water partition coefficient (Wildman–Crippen LogP) is 10.9. The van der Waals surface area contributed by atoms with Crippen LogP contribution < -0.4 is 0 Å². The Morgan fingerprint density at radius 3 is 1.25 bits per heavy atom. The molecule has 1 N–H and O–H groups in total. The summed E-state index contributed by atoms with van der Waals surface area (Å²) >= 11 is 0. The molecule has 0 aliphatic rings. The molecule has 1 rings (SSSR count). The first-order valence-electron chi connectivity index (χ1n) is 14.5. The second-order valence-corrected chi connectivity index (χ2v) is 10.4. The Bertz CT molecular complexity index is 517. The highest BCUT2D eigenvalue weighted by Crippen LogP contribution is 2.44. The number of phenols is 1. The normalized spacial score (nSPS) is 11.8. The van der Waals surface area contributed by atoms with Crippen molar-refractivity contribution in [1.29, 1.82) is 0 Å². The summed E-state index contributed by atoms with van der Waals surface area (Å²) in [6, 6.07) is 8.29. The molecule has 0 spiro atoms. The second-order valence-electron chi connectivity index (χ2n) is 10.4. The molecular weight excluding hydrogens is 388 g/mol. The van der Waals surface area contributed by atoms with Gasteiger partial charge in [-0.15, -0.1) is 0 Å². The summed E-state index contributed by atoms with van der Waals surface area (Å²) in [5.41, 5.74) is 1.42. The lowest BCUT2D eigenvalue weighted by molar-refractivity contribution is 0.289. The lowest BCUT2D eigenvalue weighted by Gasteiger charge is -2.36. The number of hydrogen-bond donors (Lipinski definition) is 1. The molecule has 186 valence electrons. The molecule has 0 atom stereocenters. The van der Waals surface area contributed by atoms with Crippen LogP contribution in [0.3, 0.4) is 0 Å². The van der Waals surface area contributed by atoms with E-state index in [9.17, 15) is 5.11 Å². The Balaban J connectivity index is 2.77. The van der Waals surface area contributed by atoms with Crippen molar-refractivity contribution in [3.63, 3.8) is 0 Å². The monoisotopic (exact) mass is 444 g/mol. The number of para-hydroxylation sites is 1. The quantitative estimate of drug-likeness (QED) is 0.176. The van der Waals surface area contributed by atoms with E-state index in [-0.39, 0.29) is 5.41 Å². The van der Waals surface area contributed by atoms with Crippen LogP contribution in [0.1, 0.15) is 161 Å². The van der Waals surface area contributed by atoms with Crippen molar-refractivity contribution in [3.05, 3.63) is 29.8 Å². The number of rotatable bonds is 22. The van der Waals surface area contributed by atoms with Crippen LogP contribution >= 0.6 is 0 Å². The summed E-state index contributed by atoms with van der Waals surface area (Å²) in [6.45, 7) is 6.89. The van der Waals surface area contributed by atoms with Gasteiger partial charge in [0.05, 0.1) is 0 Å². The summed E-state index contributed by atoms with van der Waals surface area (Å²) in [7, 11) is 0. The first kappa shape index (κ1) is 29.1. The first-order chi connectivity index (χ1) is 15.7. The topological polar surface area (TPSA) is 20.2 Å². The third-order valence-corrected chi connectivity index (χ3v) is 7.50. The first-order valence-corrected chi connectivity index (χ1v) is 14.5. The minimum atomic E-state index is 0.173. The van der Waals surface area contributed by atoms with Gasteiger partial charge < -0.3 is 5.11 Å². The van der Waals surface area contributed by atoms with Crippen LogP contribution in [-0.4, -0.2) is 5.11 Å². The maximum Gasteiger partial charge on any atom is 0.119 e. The molecule has 0 saturated carbocycles. The zero-order chi connectivity index (χ0) is 23.3. The van der Waals surface area contributed by atoms with E-state index in [1.165, 1.54) is 140 Å². The van der Waals surface area contributed by atoms with Gasteiger partial charge in [-0.1, -0.05) is 155 Å². The van der Waals surface area contributed by atoms with Crippen LogP contribution in [0.15, 0.2) is 24.3 Å². The van der Waals surface area contributed by atoms with Crippen LogP contribution in [-0.2, 0) is 5.41 Å². The van der Waals surface area contributed by atoms with E-state index < -0.39 is 0 Å². The molecule has 0 bridgehead atoms. The van der Waals surface area contributed by atoms with Crippen molar-refractivity contribution in [3.8, 4) is 5.75 Å². The highest BCUT2D eigenvalue weighted by atomic mass is 16.3. The van der Waals surface area contributed by atoms with Gasteiger partial charge in [-0.3, -0.25) is 0 Å². The largest absolute Gasteiger partial charge is 0.508 e. The highest BCUT2D eigenvalue weighted by Gasteiger charge is 2.32. The maximum absolute atomic E-state index is 10.8. The Labute approximate surface area is 201 Å². The van der Waals surface area contributed by atoms with Gasteiger partial charge in [0, 0.05) is 5.56 Å². The molecule has 32 heavy (non-hydrogen) atoms. The molecule has 1 nitrogen and oxygen atoms in total. The van der Waals surface area contributed by atoms with E-state index in [4.69, 9.17) is 0 Å². The number of hydrogen-bond acceptors (Lipinski definition) is 1. The van der Waals surface area contributed by atoms with Crippen molar-refractivity contribution in [2.45, 2.75) is 161 Å².